The summed E-state index contributed by atoms with van der Waals surface area (Å²) in [5.74, 6) is 0.646. The van der Waals surface area contributed by atoms with E-state index in [4.69, 9.17) is 0 Å². The van der Waals surface area contributed by atoms with E-state index in [0.717, 1.165) is 36.0 Å². The normalized spacial score (nSPS) is 16.2. The van der Waals surface area contributed by atoms with Gasteiger partial charge in [0.2, 0.25) is 0 Å². The molecular formula is C13H18BrN3O. The molecule has 0 radical (unpaired) electrons. The summed E-state index contributed by atoms with van der Waals surface area (Å²) >= 11 is 3.36. The number of halogens is 1. The second kappa shape index (κ2) is 6.18. The lowest BCUT2D eigenvalue weighted by Gasteiger charge is -2.21. The van der Waals surface area contributed by atoms with Crippen LogP contribution >= 0.6 is 15.9 Å². The molecule has 1 aliphatic rings. The molecule has 2 rings (SSSR count). The smallest absolute Gasteiger partial charge is 0.323 e. The van der Waals surface area contributed by atoms with Crippen LogP contribution in [-0.2, 0) is 0 Å². The third kappa shape index (κ3) is 3.45. The Balaban J connectivity index is 2.01. The van der Waals surface area contributed by atoms with Crippen molar-refractivity contribution < 1.29 is 4.79 Å². The molecule has 0 bridgehead atoms. The number of nitrogens with one attached hydrogen (secondary N) is 1. The molecule has 0 aliphatic carbocycles. The molecule has 0 saturated carbocycles. The van der Waals surface area contributed by atoms with E-state index in [1.54, 1.807) is 6.20 Å². The molecule has 98 valence electrons. The van der Waals surface area contributed by atoms with E-state index in [2.05, 4.69) is 26.2 Å². The molecule has 2 heterocycles. The summed E-state index contributed by atoms with van der Waals surface area (Å²) in [6.07, 6.45) is 6.34. The molecule has 0 spiro atoms. The lowest BCUT2D eigenvalue weighted by molar-refractivity contribution is 0.213. The minimum absolute atomic E-state index is 0.0326. The Labute approximate surface area is 116 Å². The molecule has 0 atom stereocenters. The van der Waals surface area contributed by atoms with E-state index in [0.29, 0.717) is 5.82 Å². The lowest BCUT2D eigenvalue weighted by atomic mass is 10.2. The SMILES string of the molecule is Cc1cc(Br)cnc1NC(=O)N1CCCCCC1. The number of rotatable bonds is 1. The maximum atomic E-state index is 12.1. The van der Waals surface area contributed by atoms with E-state index >= 15 is 0 Å². The van der Waals surface area contributed by atoms with Gasteiger partial charge in [-0.1, -0.05) is 12.8 Å². The van der Waals surface area contributed by atoms with Crippen molar-refractivity contribution in [1.82, 2.24) is 9.88 Å². The van der Waals surface area contributed by atoms with E-state index in [1.807, 2.05) is 17.9 Å². The van der Waals surface area contributed by atoms with E-state index in [9.17, 15) is 4.79 Å². The Bertz CT molecular complexity index is 428. The van der Waals surface area contributed by atoms with Crippen molar-refractivity contribution in [1.29, 1.82) is 0 Å². The van der Waals surface area contributed by atoms with Crippen LogP contribution in [0.3, 0.4) is 0 Å². The first-order chi connectivity index (χ1) is 8.66. The number of carbonyl (C=O) groups is 1. The number of urea groups is 1. The molecule has 1 fully saturated rings. The summed E-state index contributed by atoms with van der Waals surface area (Å²) in [6, 6.07) is 1.92. The number of likely N-dealkylation sites (tertiary alicyclic amines) is 1. The summed E-state index contributed by atoms with van der Waals surface area (Å²) < 4.78 is 0.924. The highest BCUT2D eigenvalue weighted by Crippen LogP contribution is 2.18. The van der Waals surface area contributed by atoms with Gasteiger partial charge in [0.25, 0.3) is 0 Å². The Hall–Kier alpha value is -1.10. The Morgan fingerprint density at radius 2 is 2.00 bits per heavy atom. The van der Waals surface area contributed by atoms with Crippen molar-refractivity contribution >= 4 is 27.8 Å². The minimum atomic E-state index is -0.0326. The number of pyridine rings is 1. The molecule has 4 nitrogen and oxygen atoms in total. The molecule has 5 heteroatoms. The number of amides is 2. The van der Waals surface area contributed by atoms with Crippen molar-refractivity contribution in [3.8, 4) is 0 Å². The van der Waals surface area contributed by atoms with Gasteiger partial charge in [0.15, 0.2) is 0 Å². The zero-order valence-corrected chi connectivity index (χ0v) is 12.2. The van der Waals surface area contributed by atoms with E-state index in [-0.39, 0.29) is 6.03 Å². The van der Waals surface area contributed by atoms with Crippen LogP contribution in [0.15, 0.2) is 16.7 Å². The van der Waals surface area contributed by atoms with Crippen LogP contribution in [0, 0.1) is 6.92 Å². The first-order valence-corrected chi connectivity index (χ1v) is 7.14. The number of anilines is 1. The number of carbonyl (C=O) groups excluding carboxylic acids is 1. The maximum Gasteiger partial charge on any atom is 0.323 e. The largest absolute Gasteiger partial charge is 0.325 e. The molecular weight excluding hydrogens is 294 g/mol. The molecule has 1 saturated heterocycles. The predicted octanol–water partition coefficient (Wildman–Crippen LogP) is 3.56. The fourth-order valence-electron chi connectivity index (χ4n) is 2.13. The van der Waals surface area contributed by atoms with E-state index < -0.39 is 0 Å². The van der Waals surface area contributed by atoms with Crippen LogP contribution < -0.4 is 5.32 Å². The average Bonchev–Trinajstić information content (AvgIpc) is 2.61. The maximum absolute atomic E-state index is 12.1. The molecule has 1 aromatic heterocycles. The first-order valence-electron chi connectivity index (χ1n) is 6.35. The Kier molecular flexibility index (Phi) is 4.58. The van der Waals surface area contributed by atoms with Crippen LogP contribution in [0.5, 0.6) is 0 Å². The number of hydrogen-bond acceptors (Lipinski definition) is 2. The summed E-state index contributed by atoms with van der Waals surface area (Å²) in [5.41, 5.74) is 0.965. The molecule has 2 amide bonds. The molecule has 0 unspecified atom stereocenters. The topological polar surface area (TPSA) is 45.2 Å². The average molecular weight is 312 g/mol. The second-order valence-corrected chi connectivity index (χ2v) is 5.57. The molecule has 1 N–H and O–H groups in total. The quantitative estimate of drug-likeness (QED) is 0.862. The van der Waals surface area contributed by atoms with Crippen LogP contribution in [0.1, 0.15) is 31.2 Å². The van der Waals surface area contributed by atoms with Crippen molar-refractivity contribution in [3.63, 3.8) is 0 Å². The number of aromatic nitrogens is 1. The highest BCUT2D eigenvalue weighted by Gasteiger charge is 2.16. The molecule has 18 heavy (non-hydrogen) atoms. The van der Waals surface area contributed by atoms with Crippen LogP contribution in [0.2, 0.25) is 0 Å². The summed E-state index contributed by atoms with van der Waals surface area (Å²) in [7, 11) is 0. The van der Waals surface area contributed by atoms with Crippen LogP contribution in [0.4, 0.5) is 10.6 Å². The molecule has 1 aromatic rings. The predicted molar refractivity (Wildman–Crippen MR) is 75.7 cm³/mol. The van der Waals surface area contributed by atoms with Gasteiger partial charge >= 0.3 is 6.03 Å². The van der Waals surface area contributed by atoms with Gasteiger partial charge in [0.1, 0.15) is 5.82 Å². The summed E-state index contributed by atoms with van der Waals surface area (Å²) in [6.45, 7) is 3.64. The zero-order chi connectivity index (χ0) is 13.0. The molecule has 0 aromatic carbocycles. The number of hydrogen-bond donors (Lipinski definition) is 1. The molecule has 1 aliphatic heterocycles. The van der Waals surface area contributed by atoms with Gasteiger partial charge in [-0.15, -0.1) is 0 Å². The number of nitrogens with zero attached hydrogens (tertiary/aromatic N) is 2. The highest BCUT2D eigenvalue weighted by molar-refractivity contribution is 9.10. The standard InChI is InChI=1S/C13H18BrN3O/c1-10-8-11(14)9-15-12(10)16-13(18)17-6-4-2-3-5-7-17/h8-9H,2-7H2,1H3,(H,15,16,18). The fraction of sp³-hybridized carbons (Fsp3) is 0.538. The minimum Gasteiger partial charge on any atom is -0.325 e. The van der Waals surface area contributed by atoms with Crippen molar-refractivity contribution in [2.75, 3.05) is 18.4 Å². The van der Waals surface area contributed by atoms with Gasteiger partial charge in [0.05, 0.1) is 0 Å². The Morgan fingerprint density at radius 1 is 1.33 bits per heavy atom. The third-order valence-corrected chi connectivity index (χ3v) is 3.60. The first kappa shape index (κ1) is 13.3. The van der Waals surface area contributed by atoms with Crippen molar-refractivity contribution in [2.24, 2.45) is 0 Å². The van der Waals surface area contributed by atoms with Gasteiger partial charge in [-0.3, -0.25) is 5.32 Å². The summed E-state index contributed by atoms with van der Waals surface area (Å²) in [4.78, 5) is 18.2. The third-order valence-electron chi connectivity index (χ3n) is 3.16. The van der Waals surface area contributed by atoms with Gasteiger partial charge in [-0.05, 0) is 47.3 Å². The monoisotopic (exact) mass is 311 g/mol. The zero-order valence-electron chi connectivity index (χ0n) is 10.6. The number of aryl methyl sites for hydroxylation is 1. The van der Waals surface area contributed by atoms with Crippen molar-refractivity contribution in [3.05, 3.63) is 22.3 Å². The fourth-order valence-corrected chi connectivity index (χ4v) is 2.57. The van der Waals surface area contributed by atoms with Crippen LogP contribution in [0.25, 0.3) is 0 Å². The highest BCUT2D eigenvalue weighted by atomic mass is 79.9. The summed E-state index contributed by atoms with van der Waals surface area (Å²) in [5, 5.41) is 2.89. The van der Waals surface area contributed by atoms with Crippen molar-refractivity contribution in [2.45, 2.75) is 32.6 Å². The van der Waals surface area contributed by atoms with Gasteiger partial charge in [0, 0.05) is 23.8 Å². The Morgan fingerprint density at radius 3 is 2.61 bits per heavy atom. The second-order valence-electron chi connectivity index (χ2n) is 4.65. The lowest BCUT2D eigenvalue weighted by Crippen LogP contribution is -2.36. The van der Waals surface area contributed by atoms with Crippen LogP contribution in [-0.4, -0.2) is 29.0 Å². The van der Waals surface area contributed by atoms with Gasteiger partial charge in [-0.2, -0.15) is 0 Å². The van der Waals surface area contributed by atoms with E-state index in [1.165, 1.54) is 12.8 Å². The van der Waals surface area contributed by atoms with Gasteiger partial charge in [-0.25, -0.2) is 9.78 Å². The van der Waals surface area contributed by atoms with Gasteiger partial charge < -0.3 is 4.90 Å².